The number of rotatable bonds is 6. The van der Waals surface area contributed by atoms with E-state index in [4.69, 9.17) is 4.52 Å². The monoisotopic (exact) mass is 449 g/mol. The molecular weight excluding hydrogens is 429 g/mol. The van der Waals surface area contributed by atoms with Crippen LogP contribution in [-0.4, -0.2) is 38.8 Å². The second-order valence-corrected chi connectivity index (χ2v) is 8.06. The summed E-state index contributed by atoms with van der Waals surface area (Å²) in [5.41, 5.74) is 3.16. The summed E-state index contributed by atoms with van der Waals surface area (Å²) in [5, 5.41) is 9.30. The van der Waals surface area contributed by atoms with E-state index in [1.165, 1.54) is 17.0 Å². The fraction of sp³-hybridized carbons (Fsp3) is 0.261. The third-order valence-electron chi connectivity index (χ3n) is 5.78. The van der Waals surface area contributed by atoms with Gasteiger partial charge in [0, 0.05) is 31.5 Å². The first-order valence-electron chi connectivity index (χ1n) is 10.5. The second kappa shape index (κ2) is 8.45. The highest BCUT2D eigenvalue weighted by atomic mass is 19.1. The quantitative estimate of drug-likeness (QED) is 0.554. The van der Waals surface area contributed by atoms with Crippen molar-refractivity contribution in [1.82, 2.24) is 20.4 Å². The van der Waals surface area contributed by atoms with Crippen molar-refractivity contribution in [2.75, 3.05) is 5.32 Å². The van der Waals surface area contributed by atoms with Gasteiger partial charge in [0.05, 0.1) is 0 Å². The lowest BCUT2D eigenvalue weighted by atomic mass is 10.0. The lowest BCUT2D eigenvalue weighted by Crippen LogP contribution is -2.52. The van der Waals surface area contributed by atoms with Gasteiger partial charge < -0.3 is 14.7 Å². The molecule has 2 N–H and O–H groups in total. The fourth-order valence-electron chi connectivity index (χ4n) is 4.10. The molecule has 0 bridgehead atoms. The summed E-state index contributed by atoms with van der Waals surface area (Å²) in [5.74, 6) is -0.770. The minimum absolute atomic E-state index is 0.207. The molecule has 2 aliphatic rings. The predicted molar refractivity (Wildman–Crippen MR) is 113 cm³/mol. The van der Waals surface area contributed by atoms with Gasteiger partial charge in [-0.3, -0.25) is 19.7 Å². The van der Waals surface area contributed by atoms with Crippen molar-refractivity contribution in [3.05, 3.63) is 76.4 Å². The Morgan fingerprint density at radius 2 is 1.91 bits per heavy atom. The molecule has 9 nitrogen and oxygen atoms in total. The van der Waals surface area contributed by atoms with Gasteiger partial charge in [-0.2, -0.15) is 4.98 Å². The van der Waals surface area contributed by atoms with Crippen molar-refractivity contribution < 1.29 is 23.3 Å². The number of carbonyl (C=O) groups excluding carboxylic acids is 3. The molecule has 1 saturated heterocycles. The van der Waals surface area contributed by atoms with Crippen LogP contribution in [0.4, 0.5) is 10.4 Å². The van der Waals surface area contributed by atoms with Crippen molar-refractivity contribution in [3.63, 3.8) is 0 Å². The normalized spacial score (nSPS) is 17.8. The zero-order valence-electron chi connectivity index (χ0n) is 17.5. The first-order chi connectivity index (χ1) is 16.0. The van der Waals surface area contributed by atoms with E-state index in [9.17, 15) is 18.8 Å². The molecule has 2 aromatic carbocycles. The lowest BCUT2D eigenvalue weighted by molar-refractivity contribution is -0.136. The van der Waals surface area contributed by atoms with Crippen LogP contribution in [0.25, 0.3) is 0 Å². The molecule has 3 amide bonds. The number of hydrogen-bond donors (Lipinski definition) is 2. The Labute approximate surface area is 188 Å². The van der Waals surface area contributed by atoms with Gasteiger partial charge in [-0.15, -0.1) is 0 Å². The summed E-state index contributed by atoms with van der Waals surface area (Å²) in [4.78, 5) is 42.2. The summed E-state index contributed by atoms with van der Waals surface area (Å²) < 4.78 is 18.3. The molecule has 1 atom stereocenters. The van der Waals surface area contributed by atoms with E-state index in [0.717, 1.165) is 16.7 Å². The second-order valence-electron chi connectivity index (χ2n) is 8.06. The smallest absolute Gasteiger partial charge is 0.321 e. The van der Waals surface area contributed by atoms with E-state index in [-0.39, 0.29) is 30.1 Å². The number of piperidine rings is 1. The van der Waals surface area contributed by atoms with Crippen molar-refractivity contribution in [1.29, 1.82) is 0 Å². The minimum Gasteiger partial charge on any atom is -0.334 e. The number of aromatic nitrogens is 2. The van der Waals surface area contributed by atoms with Crippen LogP contribution in [0.3, 0.4) is 0 Å². The lowest BCUT2D eigenvalue weighted by Gasteiger charge is -2.29. The fourth-order valence-corrected chi connectivity index (χ4v) is 4.10. The summed E-state index contributed by atoms with van der Waals surface area (Å²) in [6, 6.07) is 11.2. The predicted octanol–water partition coefficient (Wildman–Crippen LogP) is 2.17. The summed E-state index contributed by atoms with van der Waals surface area (Å²) >= 11 is 0. The minimum atomic E-state index is -0.637. The third kappa shape index (κ3) is 4.32. The van der Waals surface area contributed by atoms with E-state index in [2.05, 4.69) is 20.8 Å². The number of nitrogens with one attached hydrogen (secondary N) is 2. The van der Waals surface area contributed by atoms with Crippen LogP contribution in [0.2, 0.25) is 0 Å². The molecule has 3 aromatic rings. The Balaban J connectivity index is 1.21. The number of imide groups is 1. The standard InChI is InChI=1S/C23H20FN5O4/c24-16-4-1-13(2-5-16)10-19-26-23(33-28-19)25-11-14-3-6-17-15(9-14)12-29(22(17)32)18-7-8-20(30)27-21(18)31/h1-6,9,18H,7-8,10-12H2,(H,25,26,28)(H,27,30,31). The Hall–Kier alpha value is -4.08. The van der Waals surface area contributed by atoms with Crippen LogP contribution in [0.1, 0.15) is 45.7 Å². The van der Waals surface area contributed by atoms with Crippen molar-refractivity contribution in [3.8, 4) is 0 Å². The van der Waals surface area contributed by atoms with E-state index in [1.54, 1.807) is 18.2 Å². The van der Waals surface area contributed by atoms with Crippen molar-refractivity contribution >= 4 is 23.7 Å². The van der Waals surface area contributed by atoms with E-state index in [0.29, 0.717) is 37.3 Å². The largest absolute Gasteiger partial charge is 0.334 e. The number of fused-ring (bicyclic) bond motifs is 1. The highest BCUT2D eigenvalue weighted by Gasteiger charge is 2.39. The van der Waals surface area contributed by atoms with E-state index < -0.39 is 11.9 Å². The van der Waals surface area contributed by atoms with Gasteiger partial charge in [-0.1, -0.05) is 29.4 Å². The van der Waals surface area contributed by atoms with Gasteiger partial charge in [-0.05, 0) is 41.3 Å². The number of carbonyl (C=O) groups is 3. The van der Waals surface area contributed by atoms with Crippen LogP contribution in [0.15, 0.2) is 47.0 Å². The molecule has 1 unspecified atom stereocenters. The zero-order chi connectivity index (χ0) is 22.9. The van der Waals surface area contributed by atoms with Crippen molar-refractivity contribution in [2.24, 2.45) is 0 Å². The molecule has 2 aliphatic heterocycles. The highest BCUT2D eigenvalue weighted by Crippen LogP contribution is 2.28. The van der Waals surface area contributed by atoms with Crippen LogP contribution < -0.4 is 10.6 Å². The summed E-state index contributed by atoms with van der Waals surface area (Å²) in [6.45, 7) is 0.717. The SMILES string of the molecule is O=C1CCC(N2Cc3cc(CNc4nc(Cc5ccc(F)cc5)no4)ccc3C2=O)C(=O)N1. The molecular formula is C23H20FN5O4. The van der Waals surface area contributed by atoms with Gasteiger partial charge in [0.1, 0.15) is 11.9 Å². The molecule has 168 valence electrons. The molecule has 5 rings (SSSR count). The zero-order valence-corrected chi connectivity index (χ0v) is 17.5. The first-order valence-corrected chi connectivity index (χ1v) is 10.5. The van der Waals surface area contributed by atoms with Gasteiger partial charge in [0.2, 0.25) is 11.8 Å². The number of benzene rings is 2. The first kappa shape index (κ1) is 20.8. The number of amides is 3. The third-order valence-corrected chi connectivity index (χ3v) is 5.78. The van der Waals surface area contributed by atoms with Crippen molar-refractivity contribution in [2.45, 2.75) is 38.4 Å². The summed E-state index contributed by atoms with van der Waals surface area (Å²) in [7, 11) is 0. The van der Waals surface area contributed by atoms with Gasteiger partial charge in [-0.25, -0.2) is 4.39 Å². The number of halogens is 1. The van der Waals surface area contributed by atoms with Crippen LogP contribution >= 0.6 is 0 Å². The van der Waals surface area contributed by atoms with Gasteiger partial charge in [0.15, 0.2) is 5.82 Å². The molecule has 0 radical (unpaired) electrons. The average molecular weight is 449 g/mol. The Kier molecular flexibility index (Phi) is 5.33. The molecule has 0 saturated carbocycles. The average Bonchev–Trinajstić information content (AvgIpc) is 3.38. The van der Waals surface area contributed by atoms with Gasteiger partial charge >= 0.3 is 6.01 Å². The number of hydrogen-bond acceptors (Lipinski definition) is 7. The maximum absolute atomic E-state index is 13.0. The molecule has 0 spiro atoms. The van der Waals surface area contributed by atoms with Crippen LogP contribution in [0, 0.1) is 5.82 Å². The summed E-state index contributed by atoms with van der Waals surface area (Å²) in [6.07, 6.45) is 0.970. The Morgan fingerprint density at radius 1 is 1.12 bits per heavy atom. The van der Waals surface area contributed by atoms with E-state index in [1.807, 2.05) is 12.1 Å². The molecule has 1 aromatic heterocycles. The maximum atomic E-state index is 13.0. The highest BCUT2D eigenvalue weighted by molar-refractivity contribution is 6.05. The topological polar surface area (TPSA) is 117 Å². The molecule has 3 heterocycles. The van der Waals surface area contributed by atoms with Crippen LogP contribution in [0.5, 0.6) is 0 Å². The number of nitrogens with zero attached hydrogens (tertiary/aromatic N) is 3. The van der Waals surface area contributed by atoms with E-state index >= 15 is 0 Å². The molecule has 10 heteroatoms. The Morgan fingerprint density at radius 3 is 2.70 bits per heavy atom. The maximum Gasteiger partial charge on any atom is 0.321 e. The van der Waals surface area contributed by atoms with Gasteiger partial charge in [0.25, 0.3) is 5.91 Å². The molecule has 0 aliphatic carbocycles. The molecule has 1 fully saturated rings. The number of anilines is 1. The Bertz CT molecular complexity index is 1240. The van der Waals surface area contributed by atoms with Crippen LogP contribution in [-0.2, 0) is 29.1 Å². The molecule has 33 heavy (non-hydrogen) atoms.